The minimum Gasteiger partial charge on any atom is -0.481 e. The van der Waals surface area contributed by atoms with Gasteiger partial charge in [-0.15, -0.1) is 0 Å². The van der Waals surface area contributed by atoms with E-state index in [1.54, 1.807) is 19.2 Å². The highest BCUT2D eigenvalue weighted by atomic mass is 16.5. The van der Waals surface area contributed by atoms with Gasteiger partial charge in [0.2, 0.25) is 0 Å². The summed E-state index contributed by atoms with van der Waals surface area (Å²) in [4.78, 5) is 23.9. The van der Waals surface area contributed by atoms with E-state index in [9.17, 15) is 14.7 Å². The maximum atomic E-state index is 12.4. The first-order valence-corrected chi connectivity index (χ1v) is 7.25. The van der Waals surface area contributed by atoms with Gasteiger partial charge in [0.1, 0.15) is 0 Å². The van der Waals surface area contributed by atoms with Crippen LogP contribution in [0.2, 0.25) is 0 Å². The predicted molar refractivity (Wildman–Crippen MR) is 79.6 cm³/mol. The van der Waals surface area contributed by atoms with Crippen LogP contribution in [0, 0.1) is 5.41 Å². The fraction of sp³-hybridized carbons (Fsp3) is 0.500. The summed E-state index contributed by atoms with van der Waals surface area (Å²) in [5.74, 6) is -1.17. The Labute approximate surface area is 129 Å². The Morgan fingerprint density at radius 3 is 2.64 bits per heavy atom. The number of nitrogens with one attached hydrogen (secondary N) is 1. The summed E-state index contributed by atoms with van der Waals surface area (Å²) < 4.78 is 10.3. The third-order valence-electron chi connectivity index (χ3n) is 4.05. The maximum Gasteiger partial charge on any atom is 0.311 e. The minimum atomic E-state index is -0.940. The lowest BCUT2D eigenvalue weighted by Gasteiger charge is -2.33. The van der Waals surface area contributed by atoms with Crippen molar-refractivity contribution in [2.45, 2.75) is 19.4 Å². The molecular weight excluding hydrogens is 286 g/mol. The van der Waals surface area contributed by atoms with Gasteiger partial charge in [0, 0.05) is 32.4 Å². The van der Waals surface area contributed by atoms with Gasteiger partial charge in [0.05, 0.1) is 12.0 Å². The lowest BCUT2D eigenvalue weighted by atomic mass is 9.80. The molecule has 0 bridgehead atoms. The van der Waals surface area contributed by atoms with Crippen molar-refractivity contribution < 1.29 is 24.2 Å². The molecule has 1 heterocycles. The predicted octanol–water partition coefficient (Wildman–Crippen LogP) is 1.44. The lowest BCUT2D eigenvalue weighted by molar-refractivity contribution is -0.154. The molecule has 120 valence electrons. The molecule has 2 rings (SSSR count). The number of hydrogen-bond acceptors (Lipinski definition) is 4. The Morgan fingerprint density at radius 1 is 1.32 bits per heavy atom. The van der Waals surface area contributed by atoms with Crippen LogP contribution < -0.4 is 5.32 Å². The highest BCUT2D eigenvalue weighted by Crippen LogP contribution is 2.30. The second kappa shape index (κ2) is 7.38. The highest BCUT2D eigenvalue weighted by Gasteiger charge is 2.40. The zero-order valence-corrected chi connectivity index (χ0v) is 12.6. The molecule has 1 aliphatic heterocycles. The largest absolute Gasteiger partial charge is 0.481 e. The third kappa shape index (κ3) is 3.64. The zero-order chi connectivity index (χ0) is 16.0. The van der Waals surface area contributed by atoms with E-state index in [1.807, 2.05) is 12.1 Å². The fourth-order valence-corrected chi connectivity index (χ4v) is 2.60. The van der Waals surface area contributed by atoms with Crippen molar-refractivity contribution >= 4 is 11.9 Å². The molecule has 0 spiro atoms. The summed E-state index contributed by atoms with van der Waals surface area (Å²) >= 11 is 0. The molecule has 1 aromatic rings. The van der Waals surface area contributed by atoms with Crippen LogP contribution >= 0.6 is 0 Å². The maximum absolute atomic E-state index is 12.4. The number of aliphatic carboxylic acids is 1. The number of rotatable bonds is 6. The van der Waals surface area contributed by atoms with Crippen molar-refractivity contribution in [1.82, 2.24) is 5.32 Å². The van der Waals surface area contributed by atoms with Gasteiger partial charge in [-0.25, -0.2) is 0 Å². The van der Waals surface area contributed by atoms with Crippen LogP contribution in [0.1, 0.15) is 28.8 Å². The van der Waals surface area contributed by atoms with E-state index in [0.717, 1.165) is 5.56 Å². The number of carbonyl (C=O) groups is 2. The molecule has 0 aliphatic carbocycles. The quantitative estimate of drug-likeness (QED) is 0.831. The highest BCUT2D eigenvalue weighted by molar-refractivity contribution is 5.96. The Kier molecular flexibility index (Phi) is 5.51. The van der Waals surface area contributed by atoms with Gasteiger partial charge in [-0.3, -0.25) is 9.59 Å². The van der Waals surface area contributed by atoms with Crippen molar-refractivity contribution in [1.29, 1.82) is 0 Å². The molecule has 0 unspecified atom stereocenters. The van der Waals surface area contributed by atoms with E-state index in [4.69, 9.17) is 9.47 Å². The lowest BCUT2D eigenvalue weighted by Crippen LogP contribution is -2.46. The monoisotopic (exact) mass is 307 g/mol. The Balaban J connectivity index is 2.07. The second-order valence-electron chi connectivity index (χ2n) is 5.47. The molecule has 1 aliphatic rings. The molecule has 6 heteroatoms. The van der Waals surface area contributed by atoms with Gasteiger partial charge in [-0.05, 0) is 24.5 Å². The third-order valence-corrected chi connectivity index (χ3v) is 4.05. The number of hydrogen-bond donors (Lipinski definition) is 2. The number of carbonyl (C=O) groups excluding carboxylic acids is 1. The average molecular weight is 307 g/mol. The van der Waals surface area contributed by atoms with Crippen LogP contribution in [0.25, 0.3) is 0 Å². The number of benzene rings is 1. The zero-order valence-electron chi connectivity index (χ0n) is 12.6. The molecule has 1 amide bonds. The Hall–Kier alpha value is -1.92. The summed E-state index contributed by atoms with van der Waals surface area (Å²) in [5.41, 5.74) is 0.347. The minimum absolute atomic E-state index is 0.103. The number of carboxylic acid groups (broad SMARTS) is 1. The van der Waals surface area contributed by atoms with Gasteiger partial charge in [0.25, 0.3) is 5.91 Å². The van der Waals surface area contributed by atoms with Crippen LogP contribution in [0.4, 0.5) is 0 Å². The summed E-state index contributed by atoms with van der Waals surface area (Å²) in [7, 11) is 1.57. The molecule has 22 heavy (non-hydrogen) atoms. The SMILES string of the molecule is COCc1ccccc1C(=O)NCC1(C(=O)O)CCOCC1. The topological polar surface area (TPSA) is 84.9 Å². The van der Waals surface area contributed by atoms with Crippen LogP contribution in [-0.4, -0.2) is 43.9 Å². The molecule has 0 atom stereocenters. The average Bonchev–Trinajstić information content (AvgIpc) is 2.54. The van der Waals surface area contributed by atoms with E-state index in [0.29, 0.717) is 38.2 Å². The smallest absolute Gasteiger partial charge is 0.311 e. The Morgan fingerprint density at radius 2 is 2.00 bits per heavy atom. The molecule has 1 fully saturated rings. The first-order chi connectivity index (χ1) is 10.6. The van der Waals surface area contributed by atoms with Crippen LogP contribution in [0.15, 0.2) is 24.3 Å². The molecule has 2 N–H and O–H groups in total. The van der Waals surface area contributed by atoms with Crippen LogP contribution in [-0.2, 0) is 20.9 Å². The summed E-state index contributed by atoms with van der Waals surface area (Å²) in [6.07, 6.45) is 0.810. The summed E-state index contributed by atoms with van der Waals surface area (Å²) in [5, 5.41) is 12.2. The molecule has 6 nitrogen and oxygen atoms in total. The van der Waals surface area contributed by atoms with Gasteiger partial charge in [-0.2, -0.15) is 0 Å². The van der Waals surface area contributed by atoms with Crippen molar-refractivity contribution in [2.24, 2.45) is 5.41 Å². The standard InChI is InChI=1S/C16H21NO5/c1-21-10-12-4-2-3-5-13(12)14(18)17-11-16(15(19)20)6-8-22-9-7-16/h2-5H,6-11H2,1H3,(H,17,18)(H,19,20). The first kappa shape index (κ1) is 16.5. The van der Waals surface area contributed by atoms with E-state index >= 15 is 0 Å². The van der Waals surface area contributed by atoms with Crippen LogP contribution in [0.5, 0.6) is 0 Å². The summed E-state index contributed by atoms with van der Waals surface area (Å²) in [6.45, 7) is 1.25. The van der Waals surface area contributed by atoms with Crippen LogP contribution in [0.3, 0.4) is 0 Å². The molecule has 1 aromatic carbocycles. The second-order valence-corrected chi connectivity index (χ2v) is 5.47. The van der Waals surface area contributed by atoms with Gasteiger partial charge in [0.15, 0.2) is 0 Å². The number of amides is 1. The molecule has 1 saturated heterocycles. The van der Waals surface area contributed by atoms with Crippen molar-refractivity contribution in [3.63, 3.8) is 0 Å². The van der Waals surface area contributed by atoms with E-state index < -0.39 is 11.4 Å². The molecular formula is C16H21NO5. The number of ether oxygens (including phenoxy) is 2. The van der Waals surface area contributed by atoms with E-state index in [-0.39, 0.29) is 12.5 Å². The molecule has 0 saturated carbocycles. The number of methoxy groups -OCH3 is 1. The Bertz CT molecular complexity index is 537. The van der Waals surface area contributed by atoms with Gasteiger partial charge in [-0.1, -0.05) is 18.2 Å². The van der Waals surface area contributed by atoms with Crippen molar-refractivity contribution in [3.05, 3.63) is 35.4 Å². The summed E-state index contributed by atoms with van der Waals surface area (Å²) in [6, 6.07) is 7.14. The van der Waals surface area contributed by atoms with E-state index in [2.05, 4.69) is 5.32 Å². The molecule has 0 aromatic heterocycles. The van der Waals surface area contributed by atoms with Gasteiger partial charge < -0.3 is 19.9 Å². The van der Waals surface area contributed by atoms with Crippen molar-refractivity contribution in [3.8, 4) is 0 Å². The first-order valence-electron chi connectivity index (χ1n) is 7.25. The van der Waals surface area contributed by atoms with Crippen molar-refractivity contribution in [2.75, 3.05) is 26.9 Å². The fourth-order valence-electron chi connectivity index (χ4n) is 2.60. The van der Waals surface area contributed by atoms with Gasteiger partial charge >= 0.3 is 5.97 Å². The number of carboxylic acids is 1. The molecule has 0 radical (unpaired) electrons. The van der Waals surface area contributed by atoms with E-state index in [1.165, 1.54) is 0 Å². The normalized spacial score (nSPS) is 17.0.